The van der Waals surface area contributed by atoms with Gasteiger partial charge in [0.05, 0.1) is 60.6 Å². The van der Waals surface area contributed by atoms with Crippen LogP contribution in [0.5, 0.6) is 0 Å². The summed E-state index contributed by atoms with van der Waals surface area (Å²) in [6.07, 6.45) is 5.22. The van der Waals surface area contributed by atoms with Crippen LogP contribution >= 0.6 is 23.2 Å². The minimum atomic E-state index is -0.739. The molecule has 0 bridgehead atoms. The second kappa shape index (κ2) is 14.8. The van der Waals surface area contributed by atoms with Gasteiger partial charge in [-0.3, -0.25) is 19.3 Å². The summed E-state index contributed by atoms with van der Waals surface area (Å²) < 4.78 is 14.0. The van der Waals surface area contributed by atoms with Crippen LogP contribution in [0.4, 0.5) is 5.69 Å². The maximum atomic E-state index is 14.0. The van der Waals surface area contributed by atoms with Crippen LogP contribution in [0.25, 0.3) is 10.9 Å². The van der Waals surface area contributed by atoms with Crippen molar-refractivity contribution >= 4 is 57.6 Å². The lowest BCUT2D eigenvalue weighted by Crippen LogP contribution is -2.55. The zero-order chi connectivity index (χ0) is 34.1. The number of aryl methyl sites for hydroxylation is 1. The van der Waals surface area contributed by atoms with Gasteiger partial charge >= 0.3 is 5.97 Å². The van der Waals surface area contributed by atoms with Gasteiger partial charge in [-0.15, -0.1) is 0 Å². The number of carbonyl (C=O) groups excluding carboxylic acids is 2. The van der Waals surface area contributed by atoms with Crippen molar-refractivity contribution < 1.29 is 29.0 Å². The SMILES string of the molecule is C[C@@H]1COC[C@H](C)N1[C@H]1C[C@@H](CO[C@H]2CC[C@H](C(=O)O)CC2)N(C(=O)Cc2cc(Cl)c(NC(=O)c3cn(C)c4ccccc34)cc2Cl)C1. The average molecular weight is 700 g/mol. The highest BCUT2D eigenvalue weighted by Crippen LogP contribution is 2.34. The molecule has 3 fully saturated rings. The monoisotopic (exact) mass is 698 g/mol. The molecule has 3 aliphatic rings. The number of nitrogens with one attached hydrogen (secondary N) is 1. The molecule has 0 unspecified atom stereocenters. The predicted octanol–water partition coefficient (Wildman–Crippen LogP) is 6.02. The Hall–Kier alpha value is -3.15. The van der Waals surface area contributed by atoms with Crippen LogP contribution in [-0.4, -0.2) is 93.9 Å². The van der Waals surface area contributed by atoms with Gasteiger partial charge in [-0.1, -0.05) is 41.4 Å². The highest BCUT2D eigenvalue weighted by molar-refractivity contribution is 6.36. The van der Waals surface area contributed by atoms with Crippen LogP contribution in [0.1, 0.15) is 61.9 Å². The third kappa shape index (κ3) is 7.38. The fourth-order valence-electron chi connectivity index (χ4n) is 7.83. The van der Waals surface area contributed by atoms with Crippen molar-refractivity contribution in [1.29, 1.82) is 0 Å². The van der Waals surface area contributed by atoms with E-state index in [2.05, 4.69) is 24.1 Å². The number of amides is 2. The van der Waals surface area contributed by atoms with Gasteiger partial charge in [-0.25, -0.2) is 0 Å². The number of para-hydroxylation sites is 1. The molecule has 0 spiro atoms. The molecule has 3 heterocycles. The Bertz CT molecular complexity index is 1660. The van der Waals surface area contributed by atoms with E-state index in [1.54, 1.807) is 18.3 Å². The van der Waals surface area contributed by atoms with E-state index in [1.807, 2.05) is 40.8 Å². The minimum Gasteiger partial charge on any atom is -0.481 e. The predicted molar refractivity (Wildman–Crippen MR) is 186 cm³/mol. The number of aliphatic carboxylic acids is 1. The summed E-state index contributed by atoms with van der Waals surface area (Å²) in [5.74, 6) is -1.42. The molecule has 12 heteroatoms. The highest BCUT2D eigenvalue weighted by Gasteiger charge is 2.42. The lowest BCUT2D eigenvalue weighted by atomic mass is 9.87. The molecule has 1 aliphatic carbocycles. The van der Waals surface area contributed by atoms with Crippen molar-refractivity contribution in [2.45, 2.75) is 82.6 Å². The van der Waals surface area contributed by atoms with Gasteiger partial charge in [0.25, 0.3) is 5.91 Å². The smallest absolute Gasteiger partial charge is 0.306 e. The Balaban J connectivity index is 1.15. The first-order valence-corrected chi connectivity index (χ1v) is 17.6. The molecule has 258 valence electrons. The second-order valence-corrected chi connectivity index (χ2v) is 14.5. The quantitative estimate of drug-likeness (QED) is 0.281. The summed E-state index contributed by atoms with van der Waals surface area (Å²) >= 11 is 13.4. The molecule has 10 nitrogen and oxygen atoms in total. The summed E-state index contributed by atoms with van der Waals surface area (Å²) in [5.41, 5.74) is 2.42. The normalized spacial score (nSPS) is 26.6. The minimum absolute atomic E-state index is 0.0114. The summed E-state index contributed by atoms with van der Waals surface area (Å²) in [7, 11) is 1.89. The first kappa shape index (κ1) is 34.7. The number of ether oxygens (including phenoxy) is 2. The van der Waals surface area contributed by atoms with Gasteiger partial charge in [0.15, 0.2) is 0 Å². The van der Waals surface area contributed by atoms with E-state index in [0.29, 0.717) is 78.9 Å². The molecule has 2 saturated heterocycles. The molecule has 1 aromatic heterocycles. The maximum absolute atomic E-state index is 14.0. The van der Waals surface area contributed by atoms with Crippen molar-refractivity contribution in [3.63, 3.8) is 0 Å². The Morgan fingerprint density at radius 2 is 1.73 bits per heavy atom. The number of likely N-dealkylation sites (tertiary alicyclic amines) is 1. The third-order valence-corrected chi connectivity index (χ3v) is 11.0. The van der Waals surface area contributed by atoms with E-state index in [0.717, 1.165) is 17.3 Å². The van der Waals surface area contributed by atoms with Crippen LogP contribution in [0, 0.1) is 5.92 Å². The van der Waals surface area contributed by atoms with Gasteiger partial charge in [-0.05, 0) is 69.7 Å². The Morgan fingerprint density at radius 3 is 2.44 bits per heavy atom. The maximum Gasteiger partial charge on any atom is 0.306 e. The Labute approximate surface area is 291 Å². The molecule has 6 rings (SSSR count). The average Bonchev–Trinajstić information content (AvgIpc) is 3.63. The highest BCUT2D eigenvalue weighted by atomic mass is 35.5. The van der Waals surface area contributed by atoms with E-state index < -0.39 is 5.97 Å². The number of hydrogen-bond donors (Lipinski definition) is 2. The third-order valence-electron chi connectivity index (χ3n) is 10.3. The molecule has 3 aromatic rings. The van der Waals surface area contributed by atoms with Crippen molar-refractivity contribution in [2.75, 3.05) is 31.7 Å². The lowest BCUT2D eigenvalue weighted by Gasteiger charge is -2.42. The van der Waals surface area contributed by atoms with Gasteiger partial charge in [-0.2, -0.15) is 0 Å². The van der Waals surface area contributed by atoms with Crippen molar-refractivity contribution in [2.24, 2.45) is 13.0 Å². The van der Waals surface area contributed by atoms with E-state index in [1.165, 1.54) is 0 Å². The van der Waals surface area contributed by atoms with E-state index in [4.69, 9.17) is 32.7 Å². The molecular formula is C36H44Cl2N4O6. The zero-order valence-corrected chi connectivity index (χ0v) is 29.2. The number of carboxylic acids is 1. The first-order chi connectivity index (χ1) is 23.0. The van der Waals surface area contributed by atoms with Crippen LogP contribution in [0.3, 0.4) is 0 Å². The Kier molecular flexibility index (Phi) is 10.7. The fraction of sp³-hybridized carbons (Fsp3) is 0.528. The lowest BCUT2D eigenvalue weighted by molar-refractivity contribution is -0.144. The molecule has 4 atom stereocenters. The molecule has 48 heavy (non-hydrogen) atoms. The summed E-state index contributed by atoms with van der Waals surface area (Å²) in [6.45, 7) is 6.59. The number of nitrogens with zero attached hydrogens (tertiary/aromatic N) is 3. The van der Waals surface area contributed by atoms with E-state index in [9.17, 15) is 19.5 Å². The standard InChI is InChI=1S/C36H44Cl2N4O6/c1-21-18-47-19-22(2)42(21)25-14-26(20-48-27-10-8-23(9-11-27)36(45)46)41(16-25)34(43)13-24-12-31(38)32(15-30(24)37)39-35(44)29-17-40(3)33-7-5-4-6-28(29)33/h4-7,12,15,17,21-23,25-27H,8-11,13-14,16,18-20H2,1-3H3,(H,39,44)(H,45,46)/t21-,22+,23-,25-,26-,27-/m0/s1. The summed E-state index contributed by atoms with van der Waals surface area (Å²) in [5, 5.41) is 13.7. The number of fused-ring (bicyclic) bond motifs is 1. The number of carboxylic acid groups (broad SMARTS) is 1. The van der Waals surface area contributed by atoms with Crippen LogP contribution in [-0.2, 0) is 32.5 Å². The van der Waals surface area contributed by atoms with E-state index >= 15 is 0 Å². The zero-order valence-electron chi connectivity index (χ0n) is 27.7. The van der Waals surface area contributed by atoms with Crippen LogP contribution in [0.15, 0.2) is 42.6 Å². The number of hydrogen-bond acceptors (Lipinski definition) is 6. The van der Waals surface area contributed by atoms with Gasteiger partial charge in [0.1, 0.15) is 0 Å². The van der Waals surface area contributed by atoms with Crippen molar-refractivity contribution in [3.05, 3.63) is 63.8 Å². The number of rotatable bonds is 9. The largest absolute Gasteiger partial charge is 0.481 e. The van der Waals surface area contributed by atoms with Gasteiger partial charge < -0.3 is 29.4 Å². The van der Waals surface area contributed by atoms with E-state index in [-0.39, 0.29) is 54.4 Å². The van der Waals surface area contributed by atoms with Crippen LogP contribution < -0.4 is 5.32 Å². The van der Waals surface area contributed by atoms with Crippen molar-refractivity contribution in [3.8, 4) is 0 Å². The number of anilines is 1. The number of morpholine rings is 1. The van der Waals surface area contributed by atoms with Crippen LogP contribution in [0.2, 0.25) is 10.0 Å². The molecule has 2 amide bonds. The number of aromatic nitrogens is 1. The van der Waals surface area contributed by atoms with Gasteiger partial charge in [0.2, 0.25) is 5.91 Å². The Morgan fingerprint density at radius 1 is 1.02 bits per heavy atom. The molecular weight excluding hydrogens is 655 g/mol. The molecule has 0 radical (unpaired) electrons. The fourth-order valence-corrected chi connectivity index (χ4v) is 8.29. The molecule has 2 aliphatic heterocycles. The summed E-state index contributed by atoms with van der Waals surface area (Å²) in [6, 6.07) is 11.4. The molecule has 1 saturated carbocycles. The summed E-state index contributed by atoms with van der Waals surface area (Å²) in [4.78, 5) is 43.1. The number of carbonyl (C=O) groups is 3. The van der Waals surface area contributed by atoms with Crippen molar-refractivity contribution in [1.82, 2.24) is 14.4 Å². The second-order valence-electron chi connectivity index (χ2n) is 13.6. The topological polar surface area (TPSA) is 113 Å². The van der Waals surface area contributed by atoms with Gasteiger partial charge in [0, 0.05) is 53.8 Å². The number of halogens is 2. The molecule has 2 aromatic carbocycles. The number of benzene rings is 2. The first-order valence-electron chi connectivity index (χ1n) is 16.8. The molecule has 2 N–H and O–H groups in total.